The van der Waals surface area contributed by atoms with Crippen molar-refractivity contribution in [3.05, 3.63) is 72.9 Å². The standard InChI is InChI=1S/C30H42N4O4/c1-4-11-22(5-2)20-25(31)29(37)34-17-10-15-27(34)30(38)33-16-9-14-26(33)28(36)32-24(18-21(3)35)19-23-12-7-6-8-13-23/h4-8,11-13,21,24-27,35H,1-2,9-10,14-20,31H2,3H3,(H,32,36). The van der Waals surface area contributed by atoms with Crippen LogP contribution in [0.4, 0.5) is 0 Å². The Morgan fingerprint density at radius 2 is 1.76 bits per heavy atom. The summed E-state index contributed by atoms with van der Waals surface area (Å²) in [7, 11) is 0. The fraction of sp³-hybridized carbons (Fsp3) is 0.500. The van der Waals surface area contributed by atoms with Gasteiger partial charge in [0.15, 0.2) is 0 Å². The zero-order valence-electron chi connectivity index (χ0n) is 22.4. The monoisotopic (exact) mass is 522 g/mol. The second kappa shape index (κ2) is 14.1. The number of amides is 3. The Bertz CT molecular complexity index is 1020. The van der Waals surface area contributed by atoms with E-state index in [4.69, 9.17) is 5.73 Å². The van der Waals surface area contributed by atoms with Crippen molar-refractivity contribution >= 4 is 17.7 Å². The summed E-state index contributed by atoms with van der Waals surface area (Å²) in [5.74, 6) is -0.672. The number of rotatable bonds is 12. The number of allylic oxidation sites excluding steroid dienone is 3. The molecule has 3 rings (SSSR count). The van der Waals surface area contributed by atoms with Crippen molar-refractivity contribution in [1.29, 1.82) is 0 Å². The molecule has 8 heteroatoms. The zero-order valence-corrected chi connectivity index (χ0v) is 22.4. The van der Waals surface area contributed by atoms with Crippen LogP contribution in [0.25, 0.3) is 0 Å². The molecule has 2 aliphatic rings. The Morgan fingerprint density at radius 1 is 1.11 bits per heavy atom. The van der Waals surface area contributed by atoms with Gasteiger partial charge in [-0.05, 0) is 63.0 Å². The second-order valence-corrected chi connectivity index (χ2v) is 10.4. The summed E-state index contributed by atoms with van der Waals surface area (Å²) in [6, 6.07) is 7.57. The van der Waals surface area contributed by atoms with Crippen molar-refractivity contribution in [2.24, 2.45) is 5.73 Å². The third kappa shape index (κ3) is 7.65. The first-order valence-electron chi connectivity index (χ1n) is 13.6. The number of nitrogens with zero attached hydrogens (tertiary/aromatic N) is 2. The predicted octanol–water partition coefficient (Wildman–Crippen LogP) is 2.48. The zero-order chi connectivity index (χ0) is 27.7. The van der Waals surface area contributed by atoms with Gasteiger partial charge in [0.25, 0.3) is 0 Å². The van der Waals surface area contributed by atoms with E-state index in [1.54, 1.807) is 35.0 Å². The van der Waals surface area contributed by atoms with Crippen molar-refractivity contribution in [2.75, 3.05) is 13.1 Å². The van der Waals surface area contributed by atoms with E-state index in [2.05, 4.69) is 18.5 Å². The van der Waals surface area contributed by atoms with E-state index >= 15 is 0 Å². The van der Waals surface area contributed by atoms with E-state index in [1.807, 2.05) is 30.3 Å². The van der Waals surface area contributed by atoms with Crippen LogP contribution in [0.15, 0.2) is 67.3 Å². The van der Waals surface area contributed by atoms with Gasteiger partial charge >= 0.3 is 0 Å². The normalized spacial score (nSPS) is 22.0. The highest BCUT2D eigenvalue weighted by Gasteiger charge is 2.43. The first-order chi connectivity index (χ1) is 18.2. The average molecular weight is 523 g/mol. The maximum Gasteiger partial charge on any atom is 0.246 e. The molecule has 2 heterocycles. The van der Waals surface area contributed by atoms with Crippen LogP contribution in [0.2, 0.25) is 0 Å². The minimum absolute atomic E-state index is 0.193. The quantitative estimate of drug-likeness (QED) is 0.365. The highest BCUT2D eigenvalue weighted by atomic mass is 16.3. The van der Waals surface area contributed by atoms with Crippen LogP contribution in [0.1, 0.15) is 51.0 Å². The summed E-state index contributed by atoms with van der Waals surface area (Å²) < 4.78 is 0. The SMILES string of the molecule is C=CC=C(C=C)CC(N)C(=O)N1CCCC1C(=O)N1CCCC1C(=O)NC(Cc1ccccc1)CC(C)O. The highest BCUT2D eigenvalue weighted by molar-refractivity contribution is 5.94. The molecule has 206 valence electrons. The van der Waals surface area contributed by atoms with Crippen LogP contribution >= 0.6 is 0 Å². The Kier molecular flexibility index (Phi) is 10.9. The maximum atomic E-state index is 13.7. The maximum absolute atomic E-state index is 13.7. The fourth-order valence-corrected chi connectivity index (χ4v) is 5.51. The molecule has 5 atom stereocenters. The Balaban J connectivity index is 1.67. The molecule has 0 radical (unpaired) electrons. The lowest BCUT2D eigenvalue weighted by atomic mass is 10.0. The molecular formula is C30H42N4O4. The summed E-state index contributed by atoms with van der Waals surface area (Å²) >= 11 is 0. The Hall–Kier alpha value is -3.23. The second-order valence-electron chi connectivity index (χ2n) is 10.4. The van der Waals surface area contributed by atoms with E-state index in [1.165, 1.54) is 0 Å². The molecule has 1 aromatic carbocycles. The fourth-order valence-electron chi connectivity index (χ4n) is 5.51. The van der Waals surface area contributed by atoms with Gasteiger partial charge in [0.1, 0.15) is 12.1 Å². The summed E-state index contributed by atoms with van der Waals surface area (Å²) in [4.78, 5) is 43.5. The molecule has 0 aromatic heterocycles. The Morgan fingerprint density at radius 3 is 2.39 bits per heavy atom. The molecule has 0 saturated carbocycles. The van der Waals surface area contributed by atoms with Gasteiger partial charge in [-0.2, -0.15) is 0 Å². The van der Waals surface area contributed by atoms with Crippen LogP contribution in [0.5, 0.6) is 0 Å². The molecule has 2 saturated heterocycles. The number of carbonyl (C=O) groups is 3. The minimum atomic E-state index is -0.788. The van der Waals surface area contributed by atoms with Gasteiger partial charge in [-0.3, -0.25) is 14.4 Å². The molecule has 1 aromatic rings. The predicted molar refractivity (Wildman–Crippen MR) is 149 cm³/mol. The largest absolute Gasteiger partial charge is 0.393 e. The molecule has 0 spiro atoms. The van der Waals surface area contributed by atoms with Gasteiger partial charge in [-0.1, -0.05) is 61.7 Å². The molecule has 38 heavy (non-hydrogen) atoms. The molecule has 0 bridgehead atoms. The van der Waals surface area contributed by atoms with Crippen LogP contribution in [-0.4, -0.2) is 76.0 Å². The number of aliphatic hydroxyl groups excluding tert-OH is 1. The minimum Gasteiger partial charge on any atom is -0.393 e. The van der Waals surface area contributed by atoms with Crippen molar-refractivity contribution in [3.8, 4) is 0 Å². The van der Waals surface area contributed by atoms with Gasteiger partial charge in [-0.15, -0.1) is 0 Å². The van der Waals surface area contributed by atoms with Gasteiger partial charge in [0.2, 0.25) is 17.7 Å². The summed E-state index contributed by atoms with van der Waals surface area (Å²) in [5.41, 5.74) is 8.10. The lowest BCUT2D eigenvalue weighted by Gasteiger charge is -2.33. The molecule has 0 aliphatic carbocycles. The summed E-state index contributed by atoms with van der Waals surface area (Å²) in [5, 5.41) is 13.1. The smallest absolute Gasteiger partial charge is 0.246 e. The number of nitrogens with two attached hydrogens (primary N) is 1. The van der Waals surface area contributed by atoms with Gasteiger partial charge in [-0.25, -0.2) is 0 Å². The van der Waals surface area contributed by atoms with Gasteiger partial charge in [0.05, 0.1) is 12.1 Å². The van der Waals surface area contributed by atoms with E-state index in [-0.39, 0.29) is 23.8 Å². The number of hydrogen-bond acceptors (Lipinski definition) is 5. The number of hydrogen-bond donors (Lipinski definition) is 3. The molecule has 8 nitrogen and oxygen atoms in total. The molecule has 2 aliphatic heterocycles. The number of aliphatic hydroxyl groups is 1. The summed E-state index contributed by atoms with van der Waals surface area (Å²) in [6.07, 6.45) is 8.34. The van der Waals surface area contributed by atoms with Crippen LogP contribution in [-0.2, 0) is 20.8 Å². The van der Waals surface area contributed by atoms with Crippen molar-refractivity contribution in [3.63, 3.8) is 0 Å². The molecule has 5 unspecified atom stereocenters. The van der Waals surface area contributed by atoms with Gasteiger partial charge in [0, 0.05) is 19.1 Å². The van der Waals surface area contributed by atoms with Crippen LogP contribution in [0.3, 0.4) is 0 Å². The van der Waals surface area contributed by atoms with Crippen molar-refractivity contribution < 1.29 is 19.5 Å². The van der Waals surface area contributed by atoms with Crippen LogP contribution < -0.4 is 11.1 Å². The lowest BCUT2D eigenvalue weighted by Crippen LogP contribution is -2.56. The molecule has 2 fully saturated rings. The first kappa shape index (κ1) is 29.3. The summed E-state index contributed by atoms with van der Waals surface area (Å²) in [6.45, 7) is 10.1. The van der Waals surface area contributed by atoms with E-state index in [9.17, 15) is 19.5 Å². The first-order valence-corrected chi connectivity index (χ1v) is 13.6. The van der Waals surface area contributed by atoms with E-state index in [0.717, 1.165) is 17.6 Å². The number of nitrogens with one attached hydrogen (secondary N) is 1. The molecular weight excluding hydrogens is 480 g/mol. The number of carbonyl (C=O) groups excluding carboxylic acids is 3. The number of benzene rings is 1. The number of likely N-dealkylation sites (tertiary alicyclic amines) is 2. The lowest BCUT2D eigenvalue weighted by molar-refractivity contribution is -0.147. The van der Waals surface area contributed by atoms with Crippen molar-refractivity contribution in [1.82, 2.24) is 15.1 Å². The van der Waals surface area contributed by atoms with Gasteiger partial charge < -0.3 is 26.0 Å². The topological polar surface area (TPSA) is 116 Å². The van der Waals surface area contributed by atoms with E-state index < -0.39 is 24.2 Å². The average Bonchev–Trinajstić information content (AvgIpc) is 3.58. The highest BCUT2D eigenvalue weighted by Crippen LogP contribution is 2.26. The third-order valence-corrected chi connectivity index (χ3v) is 7.32. The van der Waals surface area contributed by atoms with Crippen LogP contribution in [0, 0.1) is 0 Å². The third-order valence-electron chi connectivity index (χ3n) is 7.32. The molecule has 4 N–H and O–H groups in total. The Labute approximate surface area is 226 Å². The van der Waals surface area contributed by atoms with E-state index in [0.29, 0.717) is 51.6 Å². The molecule has 3 amide bonds. The van der Waals surface area contributed by atoms with Crippen molar-refractivity contribution in [2.45, 2.75) is 82.1 Å².